The van der Waals surface area contributed by atoms with Crippen LogP contribution in [0.3, 0.4) is 0 Å². The third-order valence-electron chi connectivity index (χ3n) is 5.40. The van der Waals surface area contributed by atoms with Crippen LogP contribution >= 0.6 is 0 Å². The standard InChI is InChI=1S/C22H23N3O4/c1-2-29-17-11-9-16(10-12-17)23-19(26)14-25-20(27)22(24-21(25)28)13-5-7-15-6-3-4-8-18(15)22/h3-4,6,8-12H,2,5,7,13-14H2,1H3,(H,23,26)(H,24,28). The number of urea groups is 1. The first kappa shape index (κ1) is 19.0. The third-order valence-corrected chi connectivity index (χ3v) is 5.40. The highest BCUT2D eigenvalue weighted by molar-refractivity contribution is 6.10. The number of benzene rings is 2. The van der Waals surface area contributed by atoms with Gasteiger partial charge in [0.1, 0.15) is 17.8 Å². The summed E-state index contributed by atoms with van der Waals surface area (Å²) < 4.78 is 5.38. The van der Waals surface area contributed by atoms with Gasteiger partial charge >= 0.3 is 6.03 Å². The predicted molar refractivity (Wildman–Crippen MR) is 108 cm³/mol. The molecule has 1 aliphatic carbocycles. The normalized spacial score (nSPS) is 20.4. The van der Waals surface area contributed by atoms with E-state index in [0.717, 1.165) is 28.9 Å². The van der Waals surface area contributed by atoms with E-state index in [-0.39, 0.29) is 12.5 Å². The second kappa shape index (κ2) is 7.58. The summed E-state index contributed by atoms with van der Waals surface area (Å²) in [6.45, 7) is 2.12. The van der Waals surface area contributed by atoms with Crippen molar-refractivity contribution >= 4 is 23.5 Å². The number of hydrogen-bond acceptors (Lipinski definition) is 4. The van der Waals surface area contributed by atoms with Gasteiger partial charge in [-0.15, -0.1) is 0 Å². The smallest absolute Gasteiger partial charge is 0.325 e. The molecular formula is C22H23N3O4. The van der Waals surface area contributed by atoms with Crippen LogP contribution in [0.15, 0.2) is 48.5 Å². The molecule has 2 N–H and O–H groups in total. The van der Waals surface area contributed by atoms with Gasteiger partial charge in [-0.2, -0.15) is 0 Å². The number of anilines is 1. The summed E-state index contributed by atoms with van der Waals surface area (Å²) in [5, 5.41) is 5.58. The molecule has 29 heavy (non-hydrogen) atoms. The average Bonchev–Trinajstić information content (AvgIpc) is 2.95. The molecule has 1 aliphatic heterocycles. The first-order chi connectivity index (χ1) is 14.0. The number of nitrogens with one attached hydrogen (secondary N) is 2. The Bertz CT molecular complexity index is 957. The minimum atomic E-state index is -1.06. The summed E-state index contributed by atoms with van der Waals surface area (Å²) in [7, 11) is 0. The van der Waals surface area contributed by atoms with Crippen molar-refractivity contribution in [2.24, 2.45) is 0 Å². The molecule has 2 aromatic carbocycles. The first-order valence-electron chi connectivity index (χ1n) is 9.79. The van der Waals surface area contributed by atoms with Crippen molar-refractivity contribution in [1.82, 2.24) is 10.2 Å². The third kappa shape index (κ3) is 3.44. The van der Waals surface area contributed by atoms with Crippen LogP contribution in [0.1, 0.15) is 30.9 Å². The quantitative estimate of drug-likeness (QED) is 0.765. The summed E-state index contributed by atoms with van der Waals surface area (Å²) in [6, 6.07) is 14.1. The molecular weight excluding hydrogens is 370 g/mol. The maximum absolute atomic E-state index is 13.2. The van der Waals surface area contributed by atoms with Gasteiger partial charge in [-0.1, -0.05) is 24.3 Å². The number of imide groups is 1. The van der Waals surface area contributed by atoms with E-state index in [1.54, 1.807) is 24.3 Å². The van der Waals surface area contributed by atoms with Crippen LogP contribution in [-0.4, -0.2) is 35.9 Å². The Hall–Kier alpha value is -3.35. The van der Waals surface area contributed by atoms with Crippen molar-refractivity contribution in [3.63, 3.8) is 0 Å². The van der Waals surface area contributed by atoms with Gasteiger partial charge in [0.15, 0.2) is 0 Å². The van der Waals surface area contributed by atoms with E-state index in [9.17, 15) is 14.4 Å². The zero-order valence-corrected chi connectivity index (χ0v) is 16.2. The van der Waals surface area contributed by atoms with E-state index in [1.807, 2.05) is 31.2 Å². The molecule has 4 rings (SSSR count). The largest absolute Gasteiger partial charge is 0.494 e. The van der Waals surface area contributed by atoms with Crippen molar-refractivity contribution in [3.05, 3.63) is 59.7 Å². The number of nitrogens with zero attached hydrogens (tertiary/aromatic N) is 1. The van der Waals surface area contributed by atoms with Crippen LogP contribution in [0.4, 0.5) is 10.5 Å². The van der Waals surface area contributed by atoms with Crippen molar-refractivity contribution < 1.29 is 19.1 Å². The lowest BCUT2D eigenvalue weighted by Crippen LogP contribution is -2.47. The maximum atomic E-state index is 13.2. The van der Waals surface area contributed by atoms with Gasteiger partial charge in [-0.3, -0.25) is 14.5 Å². The second-order valence-corrected chi connectivity index (χ2v) is 7.24. The molecule has 2 aliphatic rings. The SMILES string of the molecule is CCOc1ccc(NC(=O)CN2C(=O)NC3(CCCc4ccccc43)C2=O)cc1. The Balaban J connectivity index is 1.48. The monoisotopic (exact) mass is 393 g/mol. The van der Waals surface area contributed by atoms with Gasteiger partial charge in [-0.05, 0) is 61.6 Å². The Morgan fingerprint density at radius 3 is 2.69 bits per heavy atom. The Kier molecular flexibility index (Phi) is 4.96. The molecule has 150 valence electrons. The van der Waals surface area contributed by atoms with Crippen LogP contribution in [0.5, 0.6) is 5.75 Å². The molecule has 7 heteroatoms. The zero-order chi connectivity index (χ0) is 20.4. The van der Waals surface area contributed by atoms with Gasteiger partial charge in [0.25, 0.3) is 5.91 Å². The lowest BCUT2D eigenvalue weighted by atomic mass is 9.76. The summed E-state index contributed by atoms with van der Waals surface area (Å²) in [5.74, 6) is -0.0900. The van der Waals surface area contributed by atoms with E-state index in [4.69, 9.17) is 4.74 Å². The number of carbonyl (C=O) groups is 3. The number of amides is 4. The molecule has 2 aromatic rings. The maximum Gasteiger partial charge on any atom is 0.325 e. The van der Waals surface area contributed by atoms with Crippen LogP contribution in [0.25, 0.3) is 0 Å². The molecule has 0 radical (unpaired) electrons. The summed E-state index contributed by atoms with van der Waals surface area (Å²) >= 11 is 0. The van der Waals surface area contributed by atoms with E-state index in [0.29, 0.717) is 24.5 Å². The van der Waals surface area contributed by atoms with Crippen LogP contribution in [0.2, 0.25) is 0 Å². The molecule has 1 fully saturated rings. The number of ether oxygens (including phenoxy) is 1. The van der Waals surface area contributed by atoms with Crippen molar-refractivity contribution in [1.29, 1.82) is 0 Å². The Morgan fingerprint density at radius 1 is 1.17 bits per heavy atom. The van der Waals surface area contributed by atoms with Crippen LogP contribution in [-0.2, 0) is 21.5 Å². The topological polar surface area (TPSA) is 87.7 Å². The summed E-state index contributed by atoms with van der Waals surface area (Å²) in [4.78, 5) is 39.3. The fourth-order valence-electron chi connectivity index (χ4n) is 4.10. The number of fused-ring (bicyclic) bond motifs is 2. The zero-order valence-electron chi connectivity index (χ0n) is 16.2. The molecule has 0 bridgehead atoms. The minimum absolute atomic E-state index is 0.332. The van der Waals surface area contributed by atoms with Gasteiger partial charge in [0.2, 0.25) is 5.91 Å². The highest BCUT2D eigenvalue weighted by atomic mass is 16.5. The highest BCUT2D eigenvalue weighted by Gasteiger charge is 2.54. The fraction of sp³-hybridized carbons (Fsp3) is 0.318. The molecule has 1 spiro atoms. The van der Waals surface area contributed by atoms with Crippen LogP contribution < -0.4 is 15.4 Å². The molecule has 1 unspecified atom stereocenters. The van der Waals surface area contributed by atoms with Crippen LogP contribution in [0, 0.1) is 0 Å². The lowest BCUT2D eigenvalue weighted by molar-refractivity contribution is -0.134. The molecule has 7 nitrogen and oxygen atoms in total. The Labute approximate surface area is 169 Å². The minimum Gasteiger partial charge on any atom is -0.494 e. The Morgan fingerprint density at radius 2 is 1.93 bits per heavy atom. The van der Waals surface area contributed by atoms with Gasteiger partial charge < -0.3 is 15.4 Å². The number of carbonyl (C=O) groups excluding carboxylic acids is 3. The molecule has 1 atom stereocenters. The van der Waals surface area contributed by atoms with Gasteiger partial charge in [0.05, 0.1) is 6.61 Å². The van der Waals surface area contributed by atoms with E-state index in [1.165, 1.54) is 0 Å². The summed E-state index contributed by atoms with van der Waals surface area (Å²) in [5.41, 5.74) is 1.40. The summed E-state index contributed by atoms with van der Waals surface area (Å²) in [6.07, 6.45) is 2.21. The molecule has 0 saturated carbocycles. The first-order valence-corrected chi connectivity index (χ1v) is 9.79. The number of rotatable bonds is 5. The van der Waals surface area contributed by atoms with E-state index >= 15 is 0 Å². The molecule has 0 aromatic heterocycles. The van der Waals surface area contributed by atoms with E-state index < -0.39 is 17.5 Å². The van der Waals surface area contributed by atoms with E-state index in [2.05, 4.69) is 10.6 Å². The second-order valence-electron chi connectivity index (χ2n) is 7.24. The molecule has 1 saturated heterocycles. The molecule has 4 amide bonds. The predicted octanol–water partition coefficient (Wildman–Crippen LogP) is 2.81. The molecule has 1 heterocycles. The van der Waals surface area contributed by atoms with Gasteiger partial charge in [0, 0.05) is 5.69 Å². The highest BCUT2D eigenvalue weighted by Crippen LogP contribution is 2.39. The van der Waals surface area contributed by atoms with Crippen molar-refractivity contribution in [3.8, 4) is 5.75 Å². The lowest BCUT2D eigenvalue weighted by Gasteiger charge is -2.33. The van der Waals surface area contributed by atoms with Gasteiger partial charge in [-0.25, -0.2) is 4.79 Å². The van der Waals surface area contributed by atoms with Crippen molar-refractivity contribution in [2.75, 3.05) is 18.5 Å². The average molecular weight is 393 g/mol. The van der Waals surface area contributed by atoms with Crippen molar-refractivity contribution in [2.45, 2.75) is 31.7 Å². The number of aryl methyl sites for hydroxylation is 1. The number of hydrogen-bond donors (Lipinski definition) is 2. The fourth-order valence-corrected chi connectivity index (χ4v) is 4.10.